The third-order valence-corrected chi connectivity index (χ3v) is 8.57. The van der Waals surface area contributed by atoms with Crippen LogP contribution >= 0.6 is 22.7 Å². The maximum atomic E-state index is 13.7. The van der Waals surface area contributed by atoms with E-state index in [-0.39, 0.29) is 23.9 Å². The molecule has 3 heterocycles. The molecule has 1 aliphatic carbocycles. The number of nitrogens with zero attached hydrogens (tertiary/aromatic N) is 3. The number of terminal acetylenes is 1. The summed E-state index contributed by atoms with van der Waals surface area (Å²) in [7, 11) is 0. The smallest absolute Gasteiger partial charge is 0.273 e. The Balaban J connectivity index is 1.35. The van der Waals surface area contributed by atoms with Crippen molar-refractivity contribution >= 4 is 44.6 Å². The number of rotatable bonds is 5. The third-order valence-electron chi connectivity index (χ3n) is 6.82. The van der Waals surface area contributed by atoms with E-state index in [1.807, 2.05) is 17.0 Å². The molecule has 8 heteroatoms. The molecule has 176 valence electrons. The Kier molecular flexibility index (Phi) is 6.95. The van der Waals surface area contributed by atoms with Crippen LogP contribution in [-0.2, 0) is 4.79 Å². The normalized spacial score (nSPS) is 18.5. The van der Waals surface area contributed by atoms with Gasteiger partial charge in [-0.3, -0.25) is 14.5 Å². The Labute approximate surface area is 208 Å². The molecule has 1 unspecified atom stereocenters. The SMILES string of the molecule is C#Cc1nc(C(=O)N2CCN(C(C(=O)NC3CCCCC3)c3csc4ccccc34)CC2)cs1. The number of aromatic nitrogens is 1. The number of piperazine rings is 1. The van der Waals surface area contributed by atoms with Gasteiger partial charge in [0.1, 0.15) is 11.7 Å². The van der Waals surface area contributed by atoms with Crippen molar-refractivity contribution in [3.05, 3.63) is 51.3 Å². The average Bonchev–Trinajstić information content (AvgIpc) is 3.53. The van der Waals surface area contributed by atoms with Crippen LogP contribution in [0.25, 0.3) is 10.1 Å². The van der Waals surface area contributed by atoms with Crippen molar-refractivity contribution < 1.29 is 9.59 Å². The highest BCUT2D eigenvalue weighted by Gasteiger charge is 2.34. The van der Waals surface area contributed by atoms with Gasteiger partial charge in [-0.05, 0) is 41.2 Å². The largest absolute Gasteiger partial charge is 0.352 e. The summed E-state index contributed by atoms with van der Waals surface area (Å²) >= 11 is 2.99. The summed E-state index contributed by atoms with van der Waals surface area (Å²) < 4.78 is 1.19. The van der Waals surface area contributed by atoms with E-state index in [2.05, 4.69) is 38.6 Å². The lowest BCUT2D eigenvalue weighted by Crippen LogP contribution is -2.53. The number of carbonyl (C=O) groups excluding carboxylic acids is 2. The first-order chi connectivity index (χ1) is 16.6. The number of amides is 2. The lowest BCUT2D eigenvalue weighted by molar-refractivity contribution is -0.128. The fraction of sp³-hybridized carbons (Fsp3) is 0.423. The fourth-order valence-corrected chi connectivity index (χ4v) is 6.60. The van der Waals surface area contributed by atoms with Gasteiger partial charge in [0.25, 0.3) is 5.91 Å². The minimum atomic E-state index is -0.359. The van der Waals surface area contributed by atoms with E-state index in [1.165, 1.54) is 35.3 Å². The van der Waals surface area contributed by atoms with Crippen LogP contribution in [0.4, 0.5) is 0 Å². The quantitative estimate of drug-likeness (QED) is 0.540. The van der Waals surface area contributed by atoms with Crippen LogP contribution in [0, 0.1) is 12.3 Å². The van der Waals surface area contributed by atoms with Gasteiger partial charge < -0.3 is 10.2 Å². The lowest BCUT2D eigenvalue weighted by Gasteiger charge is -2.39. The van der Waals surface area contributed by atoms with Gasteiger partial charge in [-0.1, -0.05) is 37.5 Å². The highest BCUT2D eigenvalue weighted by molar-refractivity contribution is 7.17. The zero-order valence-corrected chi connectivity index (χ0v) is 20.7. The molecule has 0 bridgehead atoms. The predicted molar refractivity (Wildman–Crippen MR) is 137 cm³/mol. The summed E-state index contributed by atoms with van der Waals surface area (Å²) in [5, 5.41) is 8.86. The highest BCUT2D eigenvalue weighted by Crippen LogP contribution is 2.34. The molecule has 2 aliphatic rings. The molecule has 2 fully saturated rings. The molecule has 5 rings (SSSR count). The Morgan fingerprint density at radius 2 is 1.82 bits per heavy atom. The van der Waals surface area contributed by atoms with E-state index in [1.54, 1.807) is 16.7 Å². The van der Waals surface area contributed by atoms with Crippen molar-refractivity contribution in [1.82, 2.24) is 20.1 Å². The van der Waals surface area contributed by atoms with E-state index in [0.717, 1.165) is 23.8 Å². The third kappa shape index (κ3) is 4.74. The van der Waals surface area contributed by atoms with Crippen LogP contribution in [0.2, 0.25) is 0 Å². The summed E-state index contributed by atoms with van der Waals surface area (Å²) in [5.41, 5.74) is 1.47. The van der Waals surface area contributed by atoms with Gasteiger partial charge >= 0.3 is 0 Å². The predicted octanol–water partition coefficient (Wildman–Crippen LogP) is 4.29. The average molecular weight is 493 g/mol. The van der Waals surface area contributed by atoms with Gasteiger partial charge in [0.15, 0.2) is 5.01 Å². The second-order valence-electron chi connectivity index (χ2n) is 8.94. The lowest BCUT2D eigenvalue weighted by atomic mass is 9.94. The molecule has 0 radical (unpaired) electrons. The summed E-state index contributed by atoms with van der Waals surface area (Å²) in [4.78, 5) is 34.9. The molecule has 1 saturated heterocycles. The molecule has 2 aromatic heterocycles. The number of nitrogens with one attached hydrogen (secondary N) is 1. The summed E-state index contributed by atoms with van der Waals surface area (Å²) in [6, 6.07) is 8.17. The van der Waals surface area contributed by atoms with Crippen LogP contribution in [0.3, 0.4) is 0 Å². The number of hydrogen-bond acceptors (Lipinski definition) is 6. The van der Waals surface area contributed by atoms with Crippen LogP contribution in [-0.4, -0.2) is 58.8 Å². The fourth-order valence-electron chi connectivity index (χ4n) is 5.02. The van der Waals surface area contributed by atoms with Crippen molar-refractivity contribution in [3.8, 4) is 12.3 Å². The van der Waals surface area contributed by atoms with E-state index >= 15 is 0 Å². The molecule has 1 saturated carbocycles. The van der Waals surface area contributed by atoms with E-state index in [0.29, 0.717) is 36.9 Å². The van der Waals surface area contributed by atoms with Crippen molar-refractivity contribution in [3.63, 3.8) is 0 Å². The molecule has 1 atom stereocenters. The maximum absolute atomic E-state index is 13.7. The van der Waals surface area contributed by atoms with Crippen LogP contribution in [0.5, 0.6) is 0 Å². The van der Waals surface area contributed by atoms with Gasteiger partial charge in [-0.2, -0.15) is 0 Å². The summed E-state index contributed by atoms with van der Waals surface area (Å²) in [6.45, 7) is 2.36. The first kappa shape index (κ1) is 23.0. The van der Waals surface area contributed by atoms with Gasteiger partial charge in [0.05, 0.1) is 0 Å². The molecule has 6 nitrogen and oxygen atoms in total. The van der Waals surface area contributed by atoms with Crippen molar-refractivity contribution in [2.24, 2.45) is 0 Å². The monoisotopic (exact) mass is 492 g/mol. The van der Waals surface area contributed by atoms with Gasteiger partial charge in [0, 0.05) is 42.3 Å². The molecule has 1 aromatic carbocycles. The Morgan fingerprint density at radius 1 is 1.06 bits per heavy atom. The van der Waals surface area contributed by atoms with Crippen molar-refractivity contribution in [2.75, 3.05) is 26.2 Å². The Morgan fingerprint density at radius 3 is 2.56 bits per heavy atom. The Hall–Kier alpha value is -2.73. The Bertz CT molecular complexity index is 1210. The van der Waals surface area contributed by atoms with E-state index in [9.17, 15) is 9.59 Å². The molecular weight excluding hydrogens is 464 g/mol. The molecular formula is C26H28N4O2S2. The second-order valence-corrected chi connectivity index (χ2v) is 10.7. The first-order valence-corrected chi connectivity index (χ1v) is 13.6. The van der Waals surface area contributed by atoms with E-state index in [4.69, 9.17) is 6.42 Å². The first-order valence-electron chi connectivity index (χ1n) is 11.9. The molecule has 0 spiro atoms. The minimum Gasteiger partial charge on any atom is -0.352 e. The zero-order chi connectivity index (χ0) is 23.5. The van der Waals surface area contributed by atoms with Crippen LogP contribution in [0.15, 0.2) is 35.0 Å². The number of thiophene rings is 1. The number of hydrogen-bond donors (Lipinski definition) is 1. The number of benzene rings is 1. The maximum Gasteiger partial charge on any atom is 0.273 e. The van der Waals surface area contributed by atoms with Crippen molar-refractivity contribution in [1.29, 1.82) is 0 Å². The van der Waals surface area contributed by atoms with Crippen molar-refractivity contribution in [2.45, 2.75) is 44.2 Å². The zero-order valence-electron chi connectivity index (χ0n) is 19.0. The van der Waals surface area contributed by atoms with E-state index < -0.39 is 0 Å². The summed E-state index contributed by atoms with van der Waals surface area (Å²) in [6.07, 6.45) is 11.1. The van der Waals surface area contributed by atoms with Crippen LogP contribution in [0.1, 0.15) is 59.2 Å². The molecule has 3 aromatic rings. The second kappa shape index (κ2) is 10.3. The van der Waals surface area contributed by atoms with Gasteiger partial charge in [-0.15, -0.1) is 29.1 Å². The van der Waals surface area contributed by atoms with Gasteiger partial charge in [-0.25, -0.2) is 4.98 Å². The minimum absolute atomic E-state index is 0.0772. The molecule has 2 amide bonds. The molecule has 34 heavy (non-hydrogen) atoms. The molecule has 1 N–H and O–H groups in total. The highest BCUT2D eigenvalue weighted by atomic mass is 32.1. The van der Waals surface area contributed by atoms with Crippen LogP contribution < -0.4 is 5.32 Å². The number of fused-ring (bicyclic) bond motifs is 1. The van der Waals surface area contributed by atoms with Gasteiger partial charge in [0.2, 0.25) is 5.91 Å². The number of carbonyl (C=O) groups is 2. The number of thiazole rings is 1. The molecule has 1 aliphatic heterocycles. The standard InChI is InChI=1S/C26H28N4O2S2/c1-2-23-28-21(17-34-23)26(32)30-14-12-29(13-15-30)24(25(31)27-18-8-4-3-5-9-18)20-16-33-22-11-7-6-10-19(20)22/h1,6-7,10-11,16-18,24H,3-5,8-9,12-15H2,(H,27,31). The summed E-state index contributed by atoms with van der Waals surface area (Å²) in [5.74, 6) is 2.47. The topological polar surface area (TPSA) is 65.5 Å².